The Kier molecular flexibility index (Phi) is 5.99. The van der Waals surface area contributed by atoms with Crippen molar-refractivity contribution in [1.29, 1.82) is 0 Å². The van der Waals surface area contributed by atoms with Gasteiger partial charge in [-0.1, -0.05) is 24.2 Å². The van der Waals surface area contributed by atoms with Crippen LogP contribution in [0, 0.1) is 5.82 Å². The molecule has 1 unspecified atom stereocenters. The topological polar surface area (TPSA) is 63.4 Å². The number of allylic oxidation sites excluding steroid dienone is 1. The summed E-state index contributed by atoms with van der Waals surface area (Å²) in [6.07, 6.45) is 0.915. The van der Waals surface area contributed by atoms with Crippen molar-refractivity contribution < 1.29 is 13.7 Å². The summed E-state index contributed by atoms with van der Waals surface area (Å²) in [6.45, 7) is 4.81. The molecule has 0 amide bonds. The number of hydrogen-bond acceptors (Lipinski definition) is 5. The molecule has 1 aliphatic rings. The third-order valence-electron chi connectivity index (χ3n) is 5.23. The van der Waals surface area contributed by atoms with E-state index in [2.05, 4.69) is 22.4 Å². The maximum atomic E-state index is 14.0. The highest BCUT2D eigenvalue weighted by atomic mass is 32.1. The average molecular weight is 439 g/mol. The number of ether oxygens (including phenoxy) is 1. The summed E-state index contributed by atoms with van der Waals surface area (Å²) in [6, 6.07) is 13.5. The van der Waals surface area contributed by atoms with Gasteiger partial charge in [0.2, 0.25) is 5.82 Å². The maximum Gasteiger partial charge on any atom is 0.258 e. The molecule has 6 nitrogen and oxygen atoms in total. The molecule has 1 aromatic heterocycles. The van der Waals surface area contributed by atoms with Gasteiger partial charge in [-0.2, -0.15) is 4.98 Å². The lowest BCUT2D eigenvalue weighted by molar-refractivity contribution is 0.396. The number of benzene rings is 2. The van der Waals surface area contributed by atoms with Crippen LogP contribution in [0.2, 0.25) is 0 Å². The lowest BCUT2D eigenvalue weighted by Crippen LogP contribution is -2.46. The van der Waals surface area contributed by atoms with E-state index in [1.165, 1.54) is 12.1 Å². The maximum absolute atomic E-state index is 14.0. The SMILES string of the molecule is CCCN1C(=S)NC(c2cccc(F)c2)C(c2nc(-c3ccc(OC)cc3)no2)=C1C. The quantitative estimate of drug-likeness (QED) is 0.546. The Balaban J connectivity index is 1.79. The molecule has 2 aromatic carbocycles. The minimum absolute atomic E-state index is 0.317. The summed E-state index contributed by atoms with van der Waals surface area (Å²) in [5.74, 6) is 1.26. The highest BCUT2D eigenvalue weighted by molar-refractivity contribution is 7.80. The summed E-state index contributed by atoms with van der Waals surface area (Å²) in [7, 11) is 1.62. The minimum Gasteiger partial charge on any atom is -0.497 e. The number of nitrogens with zero attached hydrogens (tertiary/aromatic N) is 3. The molecule has 2 heterocycles. The van der Waals surface area contributed by atoms with Gasteiger partial charge in [0.25, 0.3) is 5.89 Å². The molecule has 0 saturated heterocycles. The molecule has 31 heavy (non-hydrogen) atoms. The fourth-order valence-electron chi connectivity index (χ4n) is 3.68. The second-order valence-electron chi connectivity index (χ2n) is 7.24. The van der Waals surface area contributed by atoms with Crippen molar-refractivity contribution in [2.75, 3.05) is 13.7 Å². The standard InChI is InChI=1S/C23H23FN4O2S/c1-4-12-28-14(2)19(20(25-23(28)31)16-6-5-7-17(24)13-16)22-26-21(27-30-22)15-8-10-18(29-3)11-9-15/h5-11,13,20H,4,12H2,1-3H3,(H,25,31). The molecule has 0 spiro atoms. The third kappa shape index (κ3) is 4.16. The molecule has 3 aromatic rings. The Morgan fingerprint density at radius 3 is 2.68 bits per heavy atom. The first-order valence-electron chi connectivity index (χ1n) is 10.0. The molecule has 0 radical (unpaired) electrons. The van der Waals surface area contributed by atoms with E-state index in [4.69, 9.17) is 21.5 Å². The molecule has 0 fully saturated rings. The molecule has 1 aliphatic heterocycles. The average Bonchev–Trinajstić information content (AvgIpc) is 3.26. The first kappa shape index (κ1) is 21.0. The molecular formula is C23H23FN4O2S. The van der Waals surface area contributed by atoms with Crippen LogP contribution in [0.3, 0.4) is 0 Å². The fraction of sp³-hybridized carbons (Fsp3) is 0.261. The van der Waals surface area contributed by atoms with E-state index in [-0.39, 0.29) is 5.82 Å². The molecule has 160 valence electrons. The van der Waals surface area contributed by atoms with E-state index in [0.29, 0.717) is 16.8 Å². The van der Waals surface area contributed by atoms with Gasteiger partial charge in [0.05, 0.1) is 18.7 Å². The number of aromatic nitrogens is 2. The normalized spacial score (nSPS) is 16.5. The number of thiocarbonyl (C=S) groups is 1. The molecule has 0 aliphatic carbocycles. The largest absolute Gasteiger partial charge is 0.497 e. The monoisotopic (exact) mass is 438 g/mol. The van der Waals surface area contributed by atoms with Crippen molar-refractivity contribution >= 4 is 22.9 Å². The lowest BCUT2D eigenvalue weighted by atomic mass is 9.94. The van der Waals surface area contributed by atoms with E-state index in [1.807, 2.05) is 42.2 Å². The molecule has 8 heteroatoms. The Morgan fingerprint density at radius 2 is 2.00 bits per heavy atom. The van der Waals surface area contributed by atoms with E-state index < -0.39 is 6.04 Å². The van der Waals surface area contributed by atoms with E-state index in [1.54, 1.807) is 13.2 Å². The van der Waals surface area contributed by atoms with Crippen molar-refractivity contribution in [3.63, 3.8) is 0 Å². The predicted molar refractivity (Wildman–Crippen MR) is 121 cm³/mol. The van der Waals surface area contributed by atoms with Crippen LogP contribution < -0.4 is 10.1 Å². The van der Waals surface area contributed by atoms with Crippen molar-refractivity contribution in [1.82, 2.24) is 20.4 Å². The summed E-state index contributed by atoms with van der Waals surface area (Å²) >= 11 is 5.60. The zero-order valence-electron chi connectivity index (χ0n) is 17.6. The highest BCUT2D eigenvalue weighted by Gasteiger charge is 2.33. The number of rotatable bonds is 6. The van der Waals surface area contributed by atoms with Crippen molar-refractivity contribution in [2.45, 2.75) is 26.3 Å². The van der Waals surface area contributed by atoms with Crippen LogP contribution in [0.4, 0.5) is 4.39 Å². The predicted octanol–water partition coefficient (Wildman–Crippen LogP) is 4.96. The zero-order chi connectivity index (χ0) is 22.0. The Labute approximate surface area is 185 Å². The summed E-state index contributed by atoms with van der Waals surface area (Å²) in [4.78, 5) is 6.66. The Morgan fingerprint density at radius 1 is 1.23 bits per heavy atom. The van der Waals surface area contributed by atoms with Crippen LogP contribution in [-0.2, 0) is 0 Å². The minimum atomic E-state index is -0.402. The van der Waals surface area contributed by atoms with Gasteiger partial charge in [0.1, 0.15) is 11.6 Å². The molecule has 1 N–H and O–H groups in total. The molecular weight excluding hydrogens is 415 g/mol. The van der Waals surface area contributed by atoms with Crippen molar-refractivity contribution in [3.8, 4) is 17.1 Å². The summed E-state index contributed by atoms with van der Waals surface area (Å²) < 4.78 is 24.9. The first-order chi connectivity index (χ1) is 15.0. The number of halogens is 1. The van der Waals surface area contributed by atoms with E-state index in [9.17, 15) is 4.39 Å². The van der Waals surface area contributed by atoms with Gasteiger partial charge in [-0.05, 0) is 67.5 Å². The molecule has 0 saturated carbocycles. The van der Waals surface area contributed by atoms with Crippen molar-refractivity contribution in [3.05, 3.63) is 71.5 Å². The number of methoxy groups -OCH3 is 1. The zero-order valence-corrected chi connectivity index (χ0v) is 18.4. The van der Waals surface area contributed by atoms with Gasteiger partial charge in [0, 0.05) is 17.8 Å². The van der Waals surface area contributed by atoms with Crippen LogP contribution in [0.15, 0.2) is 58.8 Å². The van der Waals surface area contributed by atoms with E-state index in [0.717, 1.165) is 41.1 Å². The van der Waals surface area contributed by atoms with Crippen molar-refractivity contribution in [2.24, 2.45) is 0 Å². The van der Waals surface area contributed by atoms with Crippen LogP contribution >= 0.6 is 12.2 Å². The summed E-state index contributed by atoms with van der Waals surface area (Å²) in [5, 5.41) is 8.09. The Bertz CT molecular complexity index is 1130. The van der Waals surface area contributed by atoms with E-state index >= 15 is 0 Å². The first-order valence-corrected chi connectivity index (χ1v) is 10.5. The Hall–Kier alpha value is -3.26. The number of hydrogen-bond donors (Lipinski definition) is 1. The second-order valence-corrected chi connectivity index (χ2v) is 7.63. The summed E-state index contributed by atoms with van der Waals surface area (Å²) in [5.41, 5.74) is 3.22. The van der Waals surface area contributed by atoms with Crippen LogP contribution in [0.25, 0.3) is 17.0 Å². The van der Waals surface area contributed by atoms with Crippen LogP contribution in [-0.4, -0.2) is 33.8 Å². The van der Waals surface area contributed by atoms with Gasteiger partial charge in [-0.25, -0.2) is 4.39 Å². The molecule has 1 atom stereocenters. The molecule has 4 rings (SSSR count). The van der Waals surface area contributed by atoms with Gasteiger partial charge < -0.3 is 19.5 Å². The smallest absolute Gasteiger partial charge is 0.258 e. The van der Waals surface area contributed by atoms with Gasteiger partial charge in [-0.3, -0.25) is 0 Å². The molecule has 0 bridgehead atoms. The lowest BCUT2D eigenvalue weighted by Gasteiger charge is -2.37. The van der Waals surface area contributed by atoms with Crippen LogP contribution in [0.1, 0.15) is 37.8 Å². The van der Waals surface area contributed by atoms with Gasteiger partial charge >= 0.3 is 0 Å². The van der Waals surface area contributed by atoms with Gasteiger partial charge in [0.15, 0.2) is 5.11 Å². The second kappa shape index (κ2) is 8.85. The number of nitrogens with one attached hydrogen (secondary N) is 1. The fourth-order valence-corrected chi connectivity index (χ4v) is 4.02. The van der Waals surface area contributed by atoms with Gasteiger partial charge in [-0.15, -0.1) is 0 Å². The highest BCUT2D eigenvalue weighted by Crippen LogP contribution is 2.37. The third-order valence-corrected chi connectivity index (χ3v) is 5.57. The van der Waals surface area contributed by atoms with Crippen LogP contribution in [0.5, 0.6) is 5.75 Å².